The molecule has 158 valence electrons. The fourth-order valence-electron chi connectivity index (χ4n) is 3.39. The van der Waals surface area contributed by atoms with Crippen molar-refractivity contribution in [1.29, 1.82) is 0 Å². The highest BCUT2D eigenvalue weighted by atomic mass is 35.5. The molecule has 0 amide bonds. The lowest BCUT2D eigenvalue weighted by molar-refractivity contribution is 0.899. The Hall–Kier alpha value is -3.68. The van der Waals surface area contributed by atoms with E-state index in [4.69, 9.17) is 33.9 Å². The first-order valence-corrected chi connectivity index (χ1v) is 10.6. The minimum Gasteiger partial charge on any atom is -0.383 e. The number of nitrogens with two attached hydrogens (primary N) is 1. The zero-order valence-electron chi connectivity index (χ0n) is 16.7. The van der Waals surface area contributed by atoms with Gasteiger partial charge >= 0.3 is 0 Å². The summed E-state index contributed by atoms with van der Waals surface area (Å²) in [4.78, 5) is 13.7. The molecule has 0 spiro atoms. The fourth-order valence-corrected chi connectivity index (χ4v) is 3.73. The summed E-state index contributed by atoms with van der Waals surface area (Å²) in [6, 6.07) is 20.5. The quantitative estimate of drug-likeness (QED) is 0.364. The number of para-hydroxylation sites is 1. The molecule has 9 heteroatoms. The summed E-state index contributed by atoms with van der Waals surface area (Å²) >= 11 is 12.5. The molecule has 2 aromatic carbocycles. The van der Waals surface area contributed by atoms with Crippen LogP contribution in [0.4, 0.5) is 11.8 Å². The molecule has 0 bridgehead atoms. The molecule has 3 N–H and O–H groups in total. The number of benzene rings is 2. The van der Waals surface area contributed by atoms with Gasteiger partial charge in [0.1, 0.15) is 5.82 Å². The molecule has 3 aromatic heterocycles. The van der Waals surface area contributed by atoms with E-state index < -0.39 is 0 Å². The normalized spacial score (nSPS) is 11.1. The lowest BCUT2D eigenvalue weighted by atomic mass is 10.1. The molecular formula is C23H17Cl2N7. The predicted octanol–water partition coefficient (Wildman–Crippen LogP) is 5.38. The Morgan fingerprint density at radius 1 is 0.906 bits per heavy atom. The van der Waals surface area contributed by atoms with Crippen molar-refractivity contribution in [1.82, 2.24) is 24.7 Å². The van der Waals surface area contributed by atoms with Crippen molar-refractivity contribution in [3.63, 3.8) is 0 Å². The Labute approximate surface area is 193 Å². The third-order valence-corrected chi connectivity index (χ3v) is 5.49. The zero-order valence-corrected chi connectivity index (χ0v) is 18.2. The molecule has 0 unspecified atom stereocenters. The number of aromatic nitrogens is 5. The Morgan fingerprint density at radius 3 is 2.44 bits per heavy atom. The average Bonchev–Trinajstić information content (AvgIpc) is 3.15. The minimum absolute atomic E-state index is 0.398. The molecule has 0 atom stereocenters. The molecule has 0 aliphatic heterocycles. The van der Waals surface area contributed by atoms with Crippen LogP contribution in [-0.2, 0) is 6.54 Å². The van der Waals surface area contributed by atoms with Crippen LogP contribution < -0.4 is 11.1 Å². The van der Waals surface area contributed by atoms with E-state index in [1.54, 1.807) is 29.1 Å². The highest BCUT2D eigenvalue weighted by Crippen LogP contribution is 2.34. The van der Waals surface area contributed by atoms with Crippen molar-refractivity contribution < 1.29 is 0 Å². The maximum atomic E-state index is 6.53. The van der Waals surface area contributed by atoms with E-state index in [1.165, 1.54) is 0 Å². The lowest BCUT2D eigenvalue weighted by Gasteiger charge is -2.09. The molecule has 0 saturated carbocycles. The van der Waals surface area contributed by atoms with Gasteiger partial charge in [0.25, 0.3) is 0 Å². The van der Waals surface area contributed by atoms with E-state index in [1.807, 2.05) is 48.5 Å². The summed E-state index contributed by atoms with van der Waals surface area (Å²) in [6.07, 6.45) is 1.74. The van der Waals surface area contributed by atoms with Crippen LogP contribution in [0.3, 0.4) is 0 Å². The van der Waals surface area contributed by atoms with E-state index in [-0.39, 0.29) is 0 Å². The second-order valence-corrected chi connectivity index (χ2v) is 7.87. The molecule has 0 aliphatic carbocycles. The van der Waals surface area contributed by atoms with Crippen molar-refractivity contribution in [3.05, 3.63) is 88.7 Å². The van der Waals surface area contributed by atoms with Crippen LogP contribution in [0.1, 0.15) is 5.69 Å². The van der Waals surface area contributed by atoms with Crippen LogP contribution in [-0.4, -0.2) is 24.7 Å². The SMILES string of the molecule is Nc1c2c(-c3ccc(Cl)cc3)nc(NCc3ccccn3)nc2nn1-c1ccccc1Cl. The molecule has 3 heterocycles. The standard InChI is InChI=1S/C23H17Cl2N7/c24-15-10-8-14(9-11-15)20-19-21(26)32(18-7-2-1-6-17(18)25)31-22(19)30-23(29-20)28-13-16-5-3-4-12-27-16/h1-12H,13,26H2,(H,28,30,31). The summed E-state index contributed by atoms with van der Waals surface area (Å²) in [5.74, 6) is 0.811. The van der Waals surface area contributed by atoms with Crippen molar-refractivity contribution >= 4 is 46.0 Å². The van der Waals surface area contributed by atoms with Gasteiger partial charge in [0.2, 0.25) is 5.95 Å². The van der Waals surface area contributed by atoms with Gasteiger partial charge in [-0.3, -0.25) is 4.98 Å². The van der Waals surface area contributed by atoms with Gasteiger partial charge in [-0.2, -0.15) is 4.98 Å². The number of nitrogens with zero attached hydrogens (tertiary/aromatic N) is 5. The summed E-state index contributed by atoms with van der Waals surface area (Å²) in [5.41, 5.74) is 9.99. The number of hydrogen-bond acceptors (Lipinski definition) is 6. The van der Waals surface area contributed by atoms with Crippen LogP contribution in [0.25, 0.3) is 28.0 Å². The van der Waals surface area contributed by atoms with Crippen molar-refractivity contribution in [2.75, 3.05) is 11.1 Å². The van der Waals surface area contributed by atoms with E-state index in [9.17, 15) is 0 Å². The van der Waals surface area contributed by atoms with E-state index in [0.29, 0.717) is 50.8 Å². The van der Waals surface area contributed by atoms with Crippen LogP contribution in [0, 0.1) is 0 Å². The number of rotatable bonds is 5. The van der Waals surface area contributed by atoms with Gasteiger partial charge in [0, 0.05) is 16.8 Å². The average molecular weight is 462 g/mol. The predicted molar refractivity (Wildman–Crippen MR) is 128 cm³/mol. The number of anilines is 2. The van der Waals surface area contributed by atoms with Gasteiger partial charge in [-0.1, -0.05) is 53.5 Å². The molecule has 5 rings (SSSR count). The Kier molecular flexibility index (Phi) is 5.34. The van der Waals surface area contributed by atoms with Crippen molar-refractivity contribution in [2.24, 2.45) is 0 Å². The zero-order chi connectivity index (χ0) is 22.1. The highest BCUT2D eigenvalue weighted by Gasteiger charge is 2.20. The van der Waals surface area contributed by atoms with E-state index in [2.05, 4.69) is 20.4 Å². The molecule has 32 heavy (non-hydrogen) atoms. The largest absolute Gasteiger partial charge is 0.383 e. The Balaban J connectivity index is 1.66. The second-order valence-electron chi connectivity index (χ2n) is 7.02. The highest BCUT2D eigenvalue weighted by molar-refractivity contribution is 6.32. The van der Waals surface area contributed by atoms with Crippen molar-refractivity contribution in [2.45, 2.75) is 6.54 Å². The maximum absolute atomic E-state index is 6.53. The first-order chi connectivity index (χ1) is 15.6. The number of pyridine rings is 1. The first-order valence-electron chi connectivity index (χ1n) is 9.81. The first kappa shape index (κ1) is 20.2. The third-order valence-electron chi connectivity index (χ3n) is 4.92. The fraction of sp³-hybridized carbons (Fsp3) is 0.0435. The number of fused-ring (bicyclic) bond motifs is 1. The summed E-state index contributed by atoms with van der Waals surface area (Å²) in [7, 11) is 0. The topological polar surface area (TPSA) is 94.5 Å². The number of nitrogen functional groups attached to an aromatic ring is 1. The van der Waals surface area contributed by atoms with Gasteiger partial charge in [-0.05, 0) is 36.4 Å². The van der Waals surface area contributed by atoms with Gasteiger partial charge < -0.3 is 11.1 Å². The van der Waals surface area contributed by atoms with Gasteiger partial charge in [0.15, 0.2) is 5.65 Å². The van der Waals surface area contributed by atoms with Gasteiger partial charge in [-0.25, -0.2) is 9.67 Å². The summed E-state index contributed by atoms with van der Waals surface area (Å²) < 4.78 is 1.59. The Bertz CT molecular complexity index is 1400. The monoisotopic (exact) mass is 461 g/mol. The molecule has 0 fully saturated rings. The third kappa shape index (κ3) is 3.84. The second kappa shape index (κ2) is 8.45. The van der Waals surface area contributed by atoms with Gasteiger partial charge in [-0.15, -0.1) is 5.10 Å². The van der Waals surface area contributed by atoms with Crippen LogP contribution >= 0.6 is 23.2 Å². The van der Waals surface area contributed by atoms with Crippen molar-refractivity contribution in [3.8, 4) is 16.9 Å². The molecule has 0 aliphatic rings. The summed E-state index contributed by atoms with van der Waals surface area (Å²) in [5, 5.41) is 9.66. The van der Waals surface area contributed by atoms with Crippen LogP contribution in [0.2, 0.25) is 10.0 Å². The maximum Gasteiger partial charge on any atom is 0.225 e. The molecule has 5 aromatic rings. The minimum atomic E-state index is 0.398. The summed E-state index contributed by atoms with van der Waals surface area (Å²) in [6.45, 7) is 0.465. The molecule has 0 saturated heterocycles. The molecule has 7 nitrogen and oxygen atoms in total. The number of hydrogen-bond donors (Lipinski definition) is 2. The van der Waals surface area contributed by atoms with E-state index in [0.717, 1.165) is 11.3 Å². The van der Waals surface area contributed by atoms with Crippen LogP contribution in [0.15, 0.2) is 72.9 Å². The smallest absolute Gasteiger partial charge is 0.225 e. The van der Waals surface area contributed by atoms with Gasteiger partial charge in [0.05, 0.1) is 34.0 Å². The number of halogens is 2. The molecule has 0 radical (unpaired) electrons. The Morgan fingerprint density at radius 2 is 1.69 bits per heavy atom. The van der Waals surface area contributed by atoms with Crippen LogP contribution in [0.5, 0.6) is 0 Å². The molecular weight excluding hydrogens is 445 g/mol. The van der Waals surface area contributed by atoms with E-state index >= 15 is 0 Å². The number of nitrogens with one attached hydrogen (secondary N) is 1. The lowest BCUT2D eigenvalue weighted by Crippen LogP contribution is -2.06.